The highest BCUT2D eigenvalue weighted by Gasteiger charge is 2.44. The van der Waals surface area contributed by atoms with Crippen LogP contribution in [0.2, 0.25) is 0 Å². The van der Waals surface area contributed by atoms with Crippen LogP contribution in [-0.2, 0) is 0 Å². The highest BCUT2D eigenvalue weighted by molar-refractivity contribution is 5.12. The summed E-state index contributed by atoms with van der Waals surface area (Å²) in [6, 6.07) is 1.55. The summed E-state index contributed by atoms with van der Waals surface area (Å²) in [5.74, 6) is 3.06. The van der Waals surface area contributed by atoms with Crippen LogP contribution in [0, 0.1) is 17.8 Å². The molecule has 2 fully saturated rings. The first-order chi connectivity index (χ1) is 6.21. The third kappa shape index (κ3) is 1.28. The number of nitrogens with zero attached hydrogens (tertiary/aromatic N) is 1. The number of rotatable bonds is 1. The van der Waals surface area contributed by atoms with Gasteiger partial charge in [-0.2, -0.15) is 0 Å². The van der Waals surface area contributed by atoms with Crippen molar-refractivity contribution in [1.82, 2.24) is 4.90 Å². The molecule has 0 saturated carbocycles. The van der Waals surface area contributed by atoms with Gasteiger partial charge in [-0.25, -0.2) is 0 Å². The highest BCUT2D eigenvalue weighted by Crippen LogP contribution is 2.46. The van der Waals surface area contributed by atoms with Crippen molar-refractivity contribution in [2.24, 2.45) is 5.41 Å². The van der Waals surface area contributed by atoms with Crippen LogP contribution in [0.5, 0.6) is 0 Å². The van der Waals surface area contributed by atoms with Crippen LogP contribution in [0.25, 0.3) is 0 Å². The smallest absolute Gasteiger partial charge is 0.0339 e. The van der Waals surface area contributed by atoms with Crippen LogP contribution in [0.4, 0.5) is 0 Å². The van der Waals surface area contributed by atoms with Gasteiger partial charge in [0.05, 0.1) is 0 Å². The average Bonchev–Trinajstić information content (AvgIpc) is 2.43. The average molecular weight is 177 g/mol. The van der Waals surface area contributed by atoms with Crippen molar-refractivity contribution in [3.63, 3.8) is 0 Å². The van der Waals surface area contributed by atoms with Crippen molar-refractivity contribution in [2.75, 3.05) is 7.05 Å². The van der Waals surface area contributed by atoms with E-state index in [0.29, 0.717) is 0 Å². The van der Waals surface area contributed by atoms with E-state index in [1.165, 1.54) is 25.7 Å². The summed E-state index contributed by atoms with van der Waals surface area (Å²) in [6.45, 7) is 2.24. The first-order valence-corrected chi connectivity index (χ1v) is 5.40. The molecule has 2 saturated heterocycles. The molecule has 2 aliphatic rings. The van der Waals surface area contributed by atoms with Crippen molar-refractivity contribution in [1.29, 1.82) is 0 Å². The molecule has 0 aromatic heterocycles. The van der Waals surface area contributed by atoms with Crippen LogP contribution in [0.3, 0.4) is 0 Å². The monoisotopic (exact) mass is 177 g/mol. The lowest BCUT2D eigenvalue weighted by atomic mass is 9.74. The zero-order valence-corrected chi connectivity index (χ0v) is 8.71. The van der Waals surface area contributed by atoms with Crippen LogP contribution in [-0.4, -0.2) is 24.0 Å². The van der Waals surface area contributed by atoms with Crippen molar-refractivity contribution in [3.05, 3.63) is 0 Å². The quantitative estimate of drug-likeness (QED) is 0.555. The Kier molecular flexibility index (Phi) is 2.12. The SMILES string of the molecule is C#C[C@]1(CC)C[C@H]2CC[C@@H](C1)N2C. The van der Waals surface area contributed by atoms with Gasteiger partial charge in [0.25, 0.3) is 0 Å². The molecule has 0 aromatic carbocycles. The van der Waals surface area contributed by atoms with Crippen molar-refractivity contribution >= 4 is 0 Å². The number of terminal acetylenes is 1. The molecule has 0 amide bonds. The van der Waals surface area contributed by atoms with Gasteiger partial charge in [0.1, 0.15) is 0 Å². The summed E-state index contributed by atoms with van der Waals surface area (Å²) in [4.78, 5) is 2.55. The van der Waals surface area contributed by atoms with Crippen LogP contribution in [0.15, 0.2) is 0 Å². The van der Waals surface area contributed by atoms with Crippen molar-refractivity contribution < 1.29 is 0 Å². The van der Waals surface area contributed by atoms with E-state index in [4.69, 9.17) is 6.42 Å². The van der Waals surface area contributed by atoms with Gasteiger partial charge in [-0.1, -0.05) is 12.8 Å². The Morgan fingerprint density at radius 1 is 1.38 bits per heavy atom. The molecule has 1 heteroatoms. The Bertz CT molecular complexity index is 224. The van der Waals surface area contributed by atoms with Crippen LogP contribution >= 0.6 is 0 Å². The molecule has 2 rings (SSSR count). The minimum Gasteiger partial charge on any atom is -0.300 e. The minimum absolute atomic E-state index is 0.234. The van der Waals surface area contributed by atoms with E-state index in [9.17, 15) is 0 Å². The second kappa shape index (κ2) is 3.03. The normalized spacial score (nSPS) is 44.7. The minimum atomic E-state index is 0.234. The Hall–Kier alpha value is -0.480. The number of hydrogen-bond acceptors (Lipinski definition) is 1. The molecule has 0 radical (unpaired) electrons. The van der Waals surface area contributed by atoms with Crippen LogP contribution < -0.4 is 0 Å². The highest BCUT2D eigenvalue weighted by atomic mass is 15.2. The molecule has 72 valence electrons. The first kappa shape index (κ1) is 9.09. The van der Waals surface area contributed by atoms with Crippen molar-refractivity contribution in [2.45, 2.75) is 51.1 Å². The van der Waals surface area contributed by atoms with Gasteiger partial charge in [0.15, 0.2) is 0 Å². The summed E-state index contributed by atoms with van der Waals surface area (Å²) >= 11 is 0. The van der Waals surface area contributed by atoms with Gasteiger partial charge in [0.2, 0.25) is 0 Å². The third-order valence-corrected chi connectivity index (χ3v) is 4.22. The molecule has 0 N–H and O–H groups in total. The Morgan fingerprint density at radius 2 is 1.92 bits per heavy atom. The second-order valence-corrected chi connectivity index (χ2v) is 4.74. The summed E-state index contributed by atoms with van der Waals surface area (Å²) < 4.78 is 0. The van der Waals surface area contributed by atoms with E-state index in [-0.39, 0.29) is 5.41 Å². The van der Waals surface area contributed by atoms with Gasteiger partial charge in [-0.3, -0.25) is 0 Å². The fraction of sp³-hybridized carbons (Fsp3) is 0.833. The molecule has 2 heterocycles. The molecule has 2 bridgehead atoms. The zero-order valence-electron chi connectivity index (χ0n) is 8.71. The van der Waals surface area contributed by atoms with E-state index < -0.39 is 0 Å². The topological polar surface area (TPSA) is 3.24 Å². The van der Waals surface area contributed by atoms with E-state index in [1.807, 2.05) is 0 Å². The maximum atomic E-state index is 5.68. The third-order valence-electron chi connectivity index (χ3n) is 4.22. The van der Waals surface area contributed by atoms with E-state index in [1.54, 1.807) is 0 Å². The molecule has 0 unspecified atom stereocenters. The summed E-state index contributed by atoms with van der Waals surface area (Å²) in [5.41, 5.74) is 0.234. The van der Waals surface area contributed by atoms with Gasteiger partial charge in [-0.15, -0.1) is 6.42 Å². The molecule has 0 aromatic rings. The van der Waals surface area contributed by atoms with Crippen molar-refractivity contribution in [3.8, 4) is 12.3 Å². The zero-order chi connectivity index (χ0) is 9.47. The standard InChI is InChI=1S/C12H19N/c1-4-12(5-2)8-10-6-7-11(9-12)13(10)3/h1,10-11H,5-9H2,2-3H3/t10-,11+,12+. The lowest BCUT2D eigenvalue weighted by Crippen LogP contribution is -2.44. The Labute approximate surface area is 81.5 Å². The maximum absolute atomic E-state index is 5.68. The van der Waals surface area contributed by atoms with Gasteiger partial charge >= 0.3 is 0 Å². The van der Waals surface area contributed by atoms with Gasteiger partial charge in [0, 0.05) is 17.5 Å². The molecular formula is C12H19N. The predicted octanol–water partition coefficient (Wildman–Crippen LogP) is 2.27. The summed E-state index contributed by atoms with van der Waals surface area (Å²) in [6.07, 6.45) is 12.0. The Balaban J connectivity index is 2.19. The summed E-state index contributed by atoms with van der Waals surface area (Å²) in [7, 11) is 2.26. The first-order valence-electron chi connectivity index (χ1n) is 5.40. The molecular weight excluding hydrogens is 158 g/mol. The predicted molar refractivity (Wildman–Crippen MR) is 55.4 cm³/mol. The molecule has 0 aliphatic carbocycles. The van der Waals surface area contributed by atoms with Crippen LogP contribution in [0.1, 0.15) is 39.0 Å². The molecule has 1 nitrogen and oxygen atoms in total. The van der Waals surface area contributed by atoms with Gasteiger partial charge in [-0.05, 0) is 39.2 Å². The lowest BCUT2D eigenvalue weighted by Gasteiger charge is -2.42. The summed E-state index contributed by atoms with van der Waals surface area (Å²) in [5, 5.41) is 0. The molecule has 0 spiro atoms. The second-order valence-electron chi connectivity index (χ2n) is 4.74. The largest absolute Gasteiger partial charge is 0.300 e. The fourth-order valence-corrected chi connectivity index (χ4v) is 3.08. The van der Waals surface area contributed by atoms with E-state index in [0.717, 1.165) is 18.5 Å². The molecule has 2 aliphatic heterocycles. The number of hydrogen-bond donors (Lipinski definition) is 0. The van der Waals surface area contributed by atoms with Gasteiger partial charge < -0.3 is 4.90 Å². The maximum Gasteiger partial charge on any atom is 0.0339 e. The van der Waals surface area contributed by atoms with E-state index in [2.05, 4.69) is 24.8 Å². The lowest BCUT2D eigenvalue weighted by molar-refractivity contribution is 0.0954. The Morgan fingerprint density at radius 3 is 2.31 bits per heavy atom. The van der Waals surface area contributed by atoms with E-state index >= 15 is 0 Å². The number of fused-ring (bicyclic) bond motifs is 2. The molecule has 13 heavy (non-hydrogen) atoms. The number of piperidine rings is 1. The fourth-order valence-electron chi connectivity index (χ4n) is 3.08. The molecule has 3 atom stereocenters.